The molecule has 0 aliphatic carbocycles. The zero-order valence-corrected chi connectivity index (χ0v) is 13.1. The van der Waals surface area contributed by atoms with Crippen LogP contribution < -0.4 is 5.32 Å². The topological polar surface area (TPSA) is 49.4 Å². The normalized spacial score (nSPS) is 28.2. The smallest absolute Gasteiger partial charge is 0.226 e. The van der Waals surface area contributed by atoms with Crippen LogP contribution in [0.2, 0.25) is 0 Å². The van der Waals surface area contributed by atoms with E-state index in [1.54, 1.807) is 0 Å². The molecule has 0 aromatic carbocycles. The van der Waals surface area contributed by atoms with Crippen LogP contribution in [0.3, 0.4) is 0 Å². The van der Waals surface area contributed by atoms with Gasteiger partial charge in [-0.1, -0.05) is 20.8 Å². The summed E-state index contributed by atoms with van der Waals surface area (Å²) >= 11 is 0. The summed E-state index contributed by atoms with van der Waals surface area (Å²) in [4.78, 5) is 26.9. The molecule has 114 valence electrons. The van der Waals surface area contributed by atoms with Crippen LogP contribution in [0.5, 0.6) is 0 Å². The Balaban J connectivity index is 1.96. The number of nitrogens with zero attached hydrogens (tertiary/aromatic N) is 1. The summed E-state index contributed by atoms with van der Waals surface area (Å²) in [5.74, 6) is 0.705. The van der Waals surface area contributed by atoms with Gasteiger partial charge in [0.25, 0.3) is 0 Å². The Bertz CT molecular complexity index is 367. The lowest BCUT2D eigenvalue weighted by Crippen LogP contribution is -2.49. The molecule has 1 N–H and O–H groups in total. The predicted molar refractivity (Wildman–Crippen MR) is 79.4 cm³/mol. The van der Waals surface area contributed by atoms with Crippen LogP contribution in [0.15, 0.2) is 0 Å². The third kappa shape index (κ3) is 3.60. The summed E-state index contributed by atoms with van der Waals surface area (Å²) in [5, 5.41) is 3.30. The molecule has 0 aromatic heterocycles. The molecule has 0 unspecified atom stereocenters. The zero-order chi connectivity index (χ0) is 14.8. The number of rotatable bonds is 2. The number of hydrogen-bond acceptors (Lipinski definition) is 3. The highest BCUT2D eigenvalue weighted by molar-refractivity contribution is 5.87. The molecule has 2 atom stereocenters. The number of hydrogen-bond donors (Lipinski definition) is 1. The van der Waals surface area contributed by atoms with Gasteiger partial charge in [-0.15, -0.1) is 0 Å². The first-order valence-corrected chi connectivity index (χ1v) is 7.93. The van der Waals surface area contributed by atoms with Gasteiger partial charge in [0.1, 0.15) is 5.78 Å². The Hall–Kier alpha value is -0.900. The first-order chi connectivity index (χ1) is 9.39. The lowest BCUT2D eigenvalue weighted by molar-refractivity contribution is -0.141. The van der Waals surface area contributed by atoms with Gasteiger partial charge in [0.2, 0.25) is 5.91 Å². The van der Waals surface area contributed by atoms with Crippen molar-refractivity contribution in [3.63, 3.8) is 0 Å². The number of carbonyl (C=O) groups excluding carboxylic acids is 2. The minimum atomic E-state index is -0.302. The van der Waals surface area contributed by atoms with E-state index >= 15 is 0 Å². The van der Waals surface area contributed by atoms with Crippen LogP contribution in [-0.4, -0.2) is 42.8 Å². The van der Waals surface area contributed by atoms with E-state index in [4.69, 9.17) is 0 Å². The molecule has 2 rings (SSSR count). The summed E-state index contributed by atoms with van der Waals surface area (Å²) in [6, 6.07) is 0. The molecule has 4 nitrogen and oxygen atoms in total. The highest BCUT2D eigenvalue weighted by Crippen LogP contribution is 2.28. The standard InChI is InChI=1S/C16H28N2O2/c1-16(2,3)14(19)13-7-5-9-18(11-13)15(20)12-6-4-8-17-10-12/h12-13,17H,4-11H2,1-3H3/t12-,13-/m0/s1. The summed E-state index contributed by atoms with van der Waals surface area (Å²) in [6.07, 6.45) is 3.95. The molecular formula is C16H28N2O2. The van der Waals surface area contributed by atoms with Crippen LogP contribution in [-0.2, 0) is 9.59 Å². The predicted octanol–water partition coefficient (Wildman–Crippen LogP) is 1.84. The Morgan fingerprint density at radius 2 is 1.80 bits per heavy atom. The molecule has 0 bridgehead atoms. The quantitative estimate of drug-likeness (QED) is 0.839. The molecule has 20 heavy (non-hydrogen) atoms. The van der Waals surface area contributed by atoms with E-state index in [1.807, 2.05) is 25.7 Å². The molecule has 2 aliphatic heterocycles. The van der Waals surface area contributed by atoms with Crippen molar-refractivity contribution >= 4 is 11.7 Å². The third-order valence-corrected chi connectivity index (χ3v) is 4.49. The maximum Gasteiger partial charge on any atom is 0.226 e. The maximum atomic E-state index is 12.5. The number of likely N-dealkylation sites (tertiary alicyclic amines) is 1. The van der Waals surface area contributed by atoms with E-state index in [1.165, 1.54) is 0 Å². The summed E-state index contributed by atoms with van der Waals surface area (Å²) < 4.78 is 0. The largest absolute Gasteiger partial charge is 0.342 e. The number of ketones is 1. The highest BCUT2D eigenvalue weighted by atomic mass is 16.2. The highest BCUT2D eigenvalue weighted by Gasteiger charge is 2.35. The van der Waals surface area contributed by atoms with Gasteiger partial charge >= 0.3 is 0 Å². The number of amides is 1. The summed E-state index contributed by atoms with van der Waals surface area (Å²) in [7, 11) is 0. The molecule has 2 saturated heterocycles. The van der Waals surface area contributed by atoms with Crippen LogP contribution in [0.25, 0.3) is 0 Å². The second-order valence-corrected chi connectivity index (χ2v) is 7.28. The SMILES string of the molecule is CC(C)(C)C(=O)[C@H]1CCCN(C(=O)[C@H]2CCCNC2)C1. The molecular weight excluding hydrogens is 252 g/mol. The second kappa shape index (κ2) is 6.25. The van der Waals surface area contributed by atoms with Crippen molar-refractivity contribution in [1.82, 2.24) is 10.2 Å². The van der Waals surface area contributed by atoms with Crippen LogP contribution in [0, 0.1) is 17.3 Å². The first-order valence-electron chi connectivity index (χ1n) is 7.93. The van der Waals surface area contributed by atoms with Gasteiger partial charge in [-0.25, -0.2) is 0 Å². The van der Waals surface area contributed by atoms with Gasteiger partial charge < -0.3 is 10.2 Å². The van der Waals surface area contributed by atoms with Gasteiger partial charge in [-0.2, -0.15) is 0 Å². The van der Waals surface area contributed by atoms with Gasteiger partial charge in [0.15, 0.2) is 0 Å². The van der Waals surface area contributed by atoms with Crippen LogP contribution in [0.4, 0.5) is 0 Å². The van der Waals surface area contributed by atoms with Crippen molar-refractivity contribution in [3.8, 4) is 0 Å². The van der Waals surface area contributed by atoms with E-state index in [2.05, 4.69) is 5.32 Å². The van der Waals surface area contributed by atoms with Gasteiger partial charge in [0.05, 0.1) is 5.92 Å². The molecule has 0 saturated carbocycles. The molecule has 2 aliphatic rings. The molecule has 0 radical (unpaired) electrons. The number of nitrogens with one attached hydrogen (secondary N) is 1. The average Bonchev–Trinajstić information content (AvgIpc) is 2.46. The maximum absolute atomic E-state index is 12.5. The van der Waals surface area contributed by atoms with E-state index in [0.29, 0.717) is 12.3 Å². The van der Waals surface area contributed by atoms with E-state index < -0.39 is 0 Å². The second-order valence-electron chi connectivity index (χ2n) is 7.28. The zero-order valence-electron chi connectivity index (χ0n) is 13.1. The van der Waals surface area contributed by atoms with E-state index in [9.17, 15) is 9.59 Å². The Kier molecular flexibility index (Phi) is 4.84. The minimum absolute atomic E-state index is 0.0317. The fourth-order valence-corrected chi connectivity index (χ4v) is 3.32. The first kappa shape index (κ1) is 15.5. The van der Waals surface area contributed by atoms with Crippen molar-refractivity contribution in [2.45, 2.75) is 46.5 Å². The van der Waals surface area contributed by atoms with Crippen molar-refractivity contribution in [3.05, 3.63) is 0 Å². The fraction of sp³-hybridized carbons (Fsp3) is 0.875. The average molecular weight is 280 g/mol. The monoisotopic (exact) mass is 280 g/mol. The molecule has 2 heterocycles. The van der Waals surface area contributed by atoms with Gasteiger partial charge in [-0.05, 0) is 32.2 Å². The number of piperidine rings is 2. The van der Waals surface area contributed by atoms with Gasteiger partial charge in [-0.3, -0.25) is 9.59 Å². The third-order valence-electron chi connectivity index (χ3n) is 4.49. The van der Waals surface area contributed by atoms with Gasteiger partial charge in [0, 0.05) is 31.0 Å². The molecule has 0 spiro atoms. The molecule has 2 fully saturated rings. The molecule has 0 aromatic rings. The molecule has 4 heteroatoms. The van der Waals surface area contributed by atoms with Crippen LogP contribution >= 0.6 is 0 Å². The van der Waals surface area contributed by atoms with E-state index in [0.717, 1.165) is 45.3 Å². The Labute approximate surface area is 122 Å². The van der Waals surface area contributed by atoms with Crippen molar-refractivity contribution in [2.75, 3.05) is 26.2 Å². The van der Waals surface area contributed by atoms with Crippen LogP contribution in [0.1, 0.15) is 46.5 Å². The minimum Gasteiger partial charge on any atom is -0.342 e. The lowest BCUT2D eigenvalue weighted by atomic mass is 9.79. The molecule has 1 amide bonds. The number of carbonyl (C=O) groups is 2. The lowest BCUT2D eigenvalue weighted by Gasteiger charge is -2.37. The van der Waals surface area contributed by atoms with Crippen molar-refractivity contribution in [1.29, 1.82) is 0 Å². The van der Waals surface area contributed by atoms with Crippen molar-refractivity contribution < 1.29 is 9.59 Å². The summed E-state index contributed by atoms with van der Waals surface area (Å²) in [5.41, 5.74) is -0.302. The fourth-order valence-electron chi connectivity index (χ4n) is 3.32. The van der Waals surface area contributed by atoms with Crippen molar-refractivity contribution in [2.24, 2.45) is 17.3 Å². The Morgan fingerprint density at radius 3 is 2.40 bits per heavy atom. The summed E-state index contributed by atoms with van der Waals surface area (Å²) in [6.45, 7) is 9.19. The number of Topliss-reactive ketones (excluding diaryl/α,β-unsaturated/α-hetero) is 1. The Morgan fingerprint density at radius 1 is 1.10 bits per heavy atom. The van der Waals surface area contributed by atoms with E-state index in [-0.39, 0.29) is 23.2 Å².